The van der Waals surface area contributed by atoms with Crippen molar-refractivity contribution >= 4 is 29.0 Å². The Balaban J connectivity index is 1.54. The second-order valence-corrected chi connectivity index (χ2v) is 6.32. The molecule has 0 saturated carbocycles. The second kappa shape index (κ2) is 9.32. The van der Waals surface area contributed by atoms with Crippen molar-refractivity contribution in [1.29, 1.82) is 0 Å². The maximum absolute atomic E-state index is 12.4. The molecule has 6 nitrogen and oxygen atoms in total. The molecule has 2 N–H and O–H groups in total. The molecular weight excluding hydrogens is 368 g/mol. The van der Waals surface area contributed by atoms with Gasteiger partial charge in [0.15, 0.2) is 12.4 Å². The third kappa shape index (κ3) is 5.77. The highest BCUT2D eigenvalue weighted by Crippen LogP contribution is 2.17. The predicted octanol–water partition coefficient (Wildman–Crippen LogP) is 3.89. The van der Waals surface area contributed by atoms with Crippen LogP contribution in [-0.2, 0) is 9.59 Å². The zero-order chi connectivity index (χ0) is 20.6. The van der Waals surface area contributed by atoms with E-state index in [0.717, 1.165) is 0 Å². The molecule has 29 heavy (non-hydrogen) atoms. The lowest BCUT2D eigenvalue weighted by molar-refractivity contribution is -0.118. The molecule has 0 radical (unpaired) electrons. The molecule has 0 aliphatic carbocycles. The van der Waals surface area contributed by atoms with E-state index in [1.807, 2.05) is 18.2 Å². The molecule has 0 aliphatic heterocycles. The zero-order valence-electron chi connectivity index (χ0n) is 15.8. The number of rotatable bonds is 7. The fraction of sp³-hybridized carbons (Fsp3) is 0.0870. The molecule has 3 aromatic carbocycles. The van der Waals surface area contributed by atoms with Crippen molar-refractivity contribution in [2.75, 3.05) is 17.2 Å². The molecule has 0 unspecified atom stereocenters. The van der Waals surface area contributed by atoms with E-state index in [1.54, 1.807) is 60.7 Å². The van der Waals surface area contributed by atoms with Crippen molar-refractivity contribution in [3.8, 4) is 5.75 Å². The van der Waals surface area contributed by atoms with Crippen LogP contribution in [0.5, 0.6) is 5.75 Å². The lowest BCUT2D eigenvalue weighted by Crippen LogP contribution is -2.20. The van der Waals surface area contributed by atoms with Gasteiger partial charge in [0.05, 0.1) is 0 Å². The van der Waals surface area contributed by atoms with Crippen molar-refractivity contribution in [3.63, 3.8) is 0 Å². The first-order valence-corrected chi connectivity index (χ1v) is 9.01. The highest BCUT2D eigenvalue weighted by atomic mass is 16.5. The van der Waals surface area contributed by atoms with Crippen molar-refractivity contribution in [2.45, 2.75) is 6.92 Å². The number of benzene rings is 3. The number of nitrogens with one attached hydrogen (secondary N) is 2. The molecule has 3 rings (SSSR count). The molecule has 0 atom stereocenters. The number of hydrogen-bond donors (Lipinski definition) is 2. The van der Waals surface area contributed by atoms with E-state index in [1.165, 1.54) is 6.92 Å². The van der Waals surface area contributed by atoms with Gasteiger partial charge >= 0.3 is 0 Å². The summed E-state index contributed by atoms with van der Waals surface area (Å²) < 4.78 is 5.48. The van der Waals surface area contributed by atoms with Crippen LogP contribution in [0.3, 0.4) is 0 Å². The molecule has 3 aromatic rings. The highest BCUT2D eigenvalue weighted by Gasteiger charge is 2.09. The van der Waals surface area contributed by atoms with Gasteiger partial charge < -0.3 is 15.4 Å². The monoisotopic (exact) mass is 388 g/mol. The van der Waals surface area contributed by atoms with Crippen LogP contribution in [0, 0.1) is 0 Å². The van der Waals surface area contributed by atoms with Gasteiger partial charge in [-0.05, 0) is 42.5 Å². The average Bonchev–Trinajstić information content (AvgIpc) is 2.72. The summed E-state index contributed by atoms with van der Waals surface area (Å²) in [5.41, 5.74) is 2.30. The normalized spacial score (nSPS) is 10.1. The fourth-order valence-electron chi connectivity index (χ4n) is 2.68. The topological polar surface area (TPSA) is 84.5 Å². The minimum Gasteiger partial charge on any atom is -0.484 e. The number of carbonyl (C=O) groups is 3. The smallest absolute Gasteiger partial charge is 0.262 e. The number of anilines is 2. The maximum atomic E-state index is 12.4. The number of carbonyl (C=O) groups excluding carboxylic acids is 3. The maximum Gasteiger partial charge on any atom is 0.262 e. The fourth-order valence-corrected chi connectivity index (χ4v) is 2.68. The Morgan fingerprint density at radius 3 is 2.03 bits per heavy atom. The van der Waals surface area contributed by atoms with Gasteiger partial charge in [-0.2, -0.15) is 0 Å². The Labute approximate surface area is 168 Å². The summed E-state index contributed by atoms with van der Waals surface area (Å²) in [6.07, 6.45) is 0. The largest absolute Gasteiger partial charge is 0.484 e. The standard InChI is InChI=1S/C23H20N2O4/c1-16(26)24-19-8-5-9-20(14-19)25-22(27)15-29-21-12-10-18(11-13-21)23(28)17-6-3-2-4-7-17/h2-14H,15H2,1H3,(H,24,26)(H,25,27). The van der Waals surface area contributed by atoms with Gasteiger partial charge in [0.25, 0.3) is 5.91 Å². The summed E-state index contributed by atoms with van der Waals surface area (Å²) in [5, 5.41) is 5.36. The molecule has 0 heterocycles. The molecule has 0 aliphatic rings. The number of amides is 2. The second-order valence-electron chi connectivity index (χ2n) is 6.32. The lowest BCUT2D eigenvalue weighted by Gasteiger charge is -2.09. The van der Waals surface area contributed by atoms with Crippen molar-refractivity contribution in [2.24, 2.45) is 0 Å². The minimum atomic E-state index is -0.339. The third-order valence-electron chi connectivity index (χ3n) is 3.99. The van der Waals surface area contributed by atoms with E-state index in [9.17, 15) is 14.4 Å². The summed E-state index contributed by atoms with van der Waals surface area (Å²) in [6, 6.07) is 22.5. The Morgan fingerprint density at radius 1 is 0.759 bits per heavy atom. The lowest BCUT2D eigenvalue weighted by atomic mass is 10.0. The molecule has 0 aromatic heterocycles. The molecule has 0 fully saturated rings. The Bertz CT molecular complexity index is 1010. The molecule has 146 valence electrons. The predicted molar refractivity (Wildman–Crippen MR) is 111 cm³/mol. The molecule has 0 bridgehead atoms. The SMILES string of the molecule is CC(=O)Nc1cccc(NC(=O)COc2ccc(C(=O)c3ccccc3)cc2)c1. The molecule has 2 amide bonds. The minimum absolute atomic E-state index is 0.0751. The average molecular weight is 388 g/mol. The third-order valence-corrected chi connectivity index (χ3v) is 3.99. The van der Waals surface area contributed by atoms with Crippen LogP contribution in [0.4, 0.5) is 11.4 Å². The number of ether oxygens (including phenoxy) is 1. The first kappa shape index (κ1) is 19.8. The van der Waals surface area contributed by atoms with Crippen molar-refractivity contribution < 1.29 is 19.1 Å². The van der Waals surface area contributed by atoms with Crippen LogP contribution in [0.1, 0.15) is 22.8 Å². The van der Waals surface area contributed by atoms with E-state index >= 15 is 0 Å². The van der Waals surface area contributed by atoms with Crippen molar-refractivity contribution in [3.05, 3.63) is 90.0 Å². The van der Waals surface area contributed by atoms with Crippen LogP contribution in [0.2, 0.25) is 0 Å². The van der Waals surface area contributed by atoms with Gasteiger partial charge in [0.2, 0.25) is 5.91 Å². The highest BCUT2D eigenvalue weighted by molar-refractivity contribution is 6.09. The van der Waals surface area contributed by atoms with Gasteiger partial charge in [0, 0.05) is 29.4 Å². The summed E-state index contributed by atoms with van der Waals surface area (Å²) in [5.74, 6) is -0.119. The first-order chi connectivity index (χ1) is 14.0. The Kier molecular flexibility index (Phi) is 6.37. The summed E-state index contributed by atoms with van der Waals surface area (Å²) in [7, 11) is 0. The van der Waals surface area contributed by atoms with Crippen molar-refractivity contribution in [1.82, 2.24) is 0 Å². The van der Waals surface area contributed by atoms with Gasteiger partial charge in [0.1, 0.15) is 5.75 Å². The van der Waals surface area contributed by atoms with Gasteiger partial charge in [-0.15, -0.1) is 0 Å². The number of ketones is 1. The molecule has 6 heteroatoms. The van der Waals surface area contributed by atoms with Gasteiger partial charge in [-0.25, -0.2) is 0 Å². The first-order valence-electron chi connectivity index (χ1n) is 9.01. The van der Waals surface area contributed by atoms with Crippen LogP contribution in [-0.4, -0.2) is 24.2 Å². The Hall–Kier alpha value is -3.93. The van der Waals surface area contributed by atoms with Crippen LogP contribution < -0.4 is 15.4 Å². The van der Waals surface area contributed by atoms with Gasteiger partial charge in [-0.3, -0.25) is 14.4 Å². The number of hydrogen-bond acceptors (Lipinski definition) is 4. The van der Waals surface area contributed by atoms with Crippen LogP contribution in [0.15, 0.2) is 78.9 Å². The van der Waals surface area contributed by atoms with E-state index in [0.29, 0.717) is 28.3 Å². The summed E-state index contributed by atoms with van der Waals surface area (Å²) in [6.45, 7) is 1.23. The van der Waals surface area contributed by atoms with Gasteiger partial charge in [-0.1, -0.05) is 36.4 Å². The molecule has 0 saturated heterocycles. The quantitative estimate of drug-likeness (QED) is 0.602. The van der Waals surface area contributed by atoms with E-state index in [4.69, 9.17) is 4.74 Å². The van der Waals surface area contributed by atoms with Crippen LogP contribution in [0.25, 0.3) is 0 Å². The molecular formula is C23H20N2O4. The zero-order valence-corrected chi connectivity index (χ0v) is 15.8. The van der Waals surface area contributed by atoms with E-state index in [2.05, 4.69) is 10.6 Å². The van der Waals surface area contributed by atoms with E-state index < -0.39 is 0 Å². The van der Waals surface area contributed by atoms with E-state index in [-0.39, 0.29) is 24.2 Å². The van der Waals surface area contributed by atoms with Crippen LogP contribution >= 0.6 is 0 Å². The molecule has 0 spiro atoms. The summed E-state index contributed by atoms with van der Waals surface area (Å²) in [4.78, 5) is 35.6. The summed E-state index contributed by atoms with van der Waals surface area (Å²) >= 11 is 0. The Morgan fingerprint density at radius 2 is 1.38 bits per heavy atom.